The smallest absolute Gasteiger partial charge is 0.116 e. The van der Waals surface area contributed by atoms with Gasteiger partial charge in [0.2, 0.25) is 0 Å². The van der Waals surface area contributed by atoms with Crippen LogP contribution in [-0.4, -0.2) is 10.2 Å². The lowest BCUT2D eigenvalue weighted by Gasteiger charge is -1.98. The molecule has 0 aliphatic carbocycles. The molecular formula is C22H18O2. The predicted octanol–water partition coefficient (Wildman–Crippen LogP) is 5.44. The molecule has 3 aromatic carbocycles. The van der Waals surface area contributed by atoms with Gasteiger partial charge in [0.1, 0.15) is 11.5 Å². The van der Waals surface area contributed by atoms with Crippen LogP contribution < -0.4 is 0 Å². The Kier molecular flexibility index (Phi) is 4.78. The second-order valence-corrected chi connectivity index (χ2v) is 5.52. The number of aromatic hydroxyl groups is 2. The maximum Gasteiger partial charge on any atom is 0.116 e. The molecule has 0 radical (unpaired) electrons. The lowest BCUT2D eigenvalue weighted by atomic mass is 10.1. The number of benzene rings is 3. The van der Waals surface area contributed by atoms with Crippen LogP contribution in [0.1, 0.15) is 22.3 Å². The van der Waals surface area contributed by atoms with Gasteiger partial charge in [-0.05, 0) is 46.5 Å². The Bertz CT molecular complexity index is 800. The van der Waals surface area contributed by atoms with Crippen molar-refractivity contribution < 1.29 is 10.2 Å². The summed E-state index contributed by atoms with van der Waals surface area (Å²) in [6.45, 7) is 0. The minimum atomic E-state index is 0.268. The normalized spacial score (nSPS) is 11.3. The van der Waals surface area contributed by atoms with Gasteiger partial charge in [0.05, 0.1) is 0 Å². The van der Waals surface area contributed by atoms with Crippen molar-refractivity contribution in [3.63, 3.8) is 0 Å². The van der Waals surface area contributed by atoms with Crippen LogP contribution in [0, 0.1) is 0 Å². The molecule has 24 heavy (non-hydrogen) atoms. The zero-order chi connectivity index (χ0) is 16.8. The van der Waals surface area contributed by atoms with E-state index in [0.717, 1.165) is 22.3 Å². The first-order valence-electron chi connectivity index (χ1n) is 7.73. The molecule has 0 bridgehead atoms. The number of rotatable bonds is 4. The maximum absolute atomic E-state index is 9.46. The molecule has 2 nitrogen and oxygen atoms in total. The van der Waals surface area contributed by atoms with Crippen LogP contribution in [0.5, 0.6) is 11.5 Å². The Morgan fingerprint density at radius 1 is 0.458 bits per heavy atom. The van der Waals surface area contributed by atoms with Gasteiger partial charge in [0, 0.05) is 0 Å². The fourth-order valence-electron chi connectivity index (χ4n) is 2.36. The van der Waals surface area contributed by atoms with Gasteiger partial charge in [-0.25, -0.2) is 0 Å². The van der Waals surface area contributed by atoms with Crippen LogP contribution in [-0.2, 0) is 0 Å². The van der Waals surface area contributed by atoms with E-state index in [1.165, 1.54) is 0 Å². The van der Waals surface area contributed by atoms with E-state index in [9.17, 15) is 10.2 Å². The fourth-order valence-corrected chi connectivity index (χ4v) is 2.36. The Balaban J connectivity index is 1.69. The minimum absolute atomic E-state index is 0.268. The Labute approximate surface area is 141 Å². The highest BCUT2D eigenvalue weighted by Gasteiger charge is 1.93. The molecule has 0 aromatic heterocycles. The third-order valence-electron chi connectivity index (χ3n) is 3.61. The van der Waals surface area contributed by atoms with Crippen LogP contribution in [0.15, 0.2) is 72.8 Å². The van der Waals surface area contributed by atoms with Crippen LogP contribution in [0.2, 0.25) is 0 Å². The monoisotopic (exact) mass is 314 g/mol. The summed E-state index contributed by atoms with van der Waals surface area (Å²) in [6.07, 6.45) is 7.96. The molecule has 0 heterocycles. The molecule has 3 aromatic rings. The SMILES string of the molecule is Oc1cccc(/C=C/c2ccc(/C=C/c3cccc(O)c3)cc2)c1. The van der Waals surface area contributed by atoms with E-state index < -0.39 is 0 Å². The van der Waals surface area contributed by atoms with E-state index in [1.54, 1.807) is 24.3 Å². The Hall–Kier alpha value is -3.26. The maximum atomic E-state index is 9.46. The standard InChI is InChI=1S/C22H18O2/c23-21-5-1-3-19(15-21)13-11-17-7-9-18(10-8-17)12-14-20-4-2-6-22(24)16-20/h1-16,23-24H/b13-11+,14-12+. The highest BCUT2D eigenvalue weighted by atomic mass is 16.3. The topological polar surface area (TPSA) is 40.5 Å². The molecule has 0 aliphatic rings. The summed E-state index contributed by atoms with van der Waals surface area (Å²) in [5.41, 5.74) is 4.10. The van der Waals surface area contributed by atoms with Gasteiger partial charge in [-0.15, -0.1) is 0 Å². The summed E-state index contributed by atoms with van der Waals surface area (Å²) in [7, 11) is 0. The largest absolute Gasteiger partial charge is 0.508 e. The number of hydrogen-bond donors (Lipinski definition) is 2. The summed E-state index contributed by atoms with van der Waals surface area (Å²) < 4.78 is 0. The molecule has 118 valence electrons. The highest BCUT2D eigenvalue weighted by Crippen LogP contribution is 2.16. The van der Waals surface area contributed by atoms with Gasteiger partial charge < -0.3 is 10.2 Å². The van der Waals surface area contributed by atoms with Crippen molar-refractivity contribution in [3.05, 3.63) is 95.1 Å². The molecule has 0 fully saturated rings. The van der Waals surface area contributed by atoms with Crippen molar-refractivity contribution in [3.8, 4) is 11.5 Å². The molecular weight excluding hydrogens is 296 g/mol. The third-order valence-corrected chi connectivity index (χ3v) is 3.61. The average Bonchev–Trinajstić information content (AvgIpc) is 2.59. The van der Waals surface area contributed by atoms with Gasteiger partial charge in [0.15, 0.2) is 0 Å². The first-order valence-corrected chi connectivity index (χ1v) is 7.73. The molecule has 2 heteroatoms. The number of hydrogen-bond acceptors (Lipinski definition) is 2. The van der Waals surface area contributed by atoms with Crippen molar-refractivity contribution in [1.29, 1.82) is 0 Å². The van der Waals surface area contributed by atoms with Crippen LogP contribution in [0.25, 0.3) is 24.3 Å². The molecule has 0 spiro atoms. The van der Waals surface area contributed by atoms with Crippen molar-refractivity contribution in [2.45, 2.75) is 0 Å². The lowest BCUT2D eigenvalue weighted by molar-refractivity contribution is 0.474. The molecule has 0 saturated heterocycles. The first kappa shape index (κ1) is 15.6. The summed E-state index contributed by atoms with van der Waals surface area (Å²) >= 11 is 0. The van der Waals surface area contributed by atoms with Gasteiger partial charge >= 0.3 is 0 Å². The van der Waals surface area contributed by atoms with Gasteiger partial charge in [-0.1, -0.05) is 72.8 Å². The molecule has 0 saturated carbocycles. The van der Waals surface area contributed by atoms with Gasteiger partial charge in [0.25, 0.3) is 0 Å². The van der Waals surface area contributed by atoms with Crippen molar-refractivity contribution in [2.24, 2.45) is 0 Å². The van der Waals surface area contributed by atoms with Crippen molar-refractivity contribution in [2.75, 3.05) is 0 Å². The van der Waals surface area contributed by atoms with E-state index >= 15 is 0 Å². The van der Waals surface area contributed by atoms with E-state index in [0.29, 0.717) is 0 Å². The molecule has 2 N–H and O–H groups in total. The quantitative estimate of drug-likeness (QED) is 0.630. The van der Waals surface area contributed by atoms with Crippen LogP contribution >= 0.6 is 0 Å². The second-order valence-electron chi connectivity index (χ2n) is 5.52. The average molecular weight is 314 g/mol. The third kappa shape index (κ3) is 4.37. The summed E-state index contributed by atoms with van der Waals surface area (Å²) in [5, 5.41) is 18.9. The summed E-state index contributed by atoms with van der Waals surface area (Å²) in [5.74, 6) is 0.536. The fraction of sp³-hybridized carbons (Fsp3) is 0. The minimum Gasteiger partial charge on any atom is -0.508 e. The van der Waals surface area contributed by atoms with Crippen LogP contribution in [0.4, 0.5) is 0 Å². The zero-order valence-electron chi connectivity index (χ0n) is 13.1. The summed E-state index contributed by atoms with van der Waals surface area (Å²) in [4.78, 5) is 0. The van der Waals surface area contributed by atoms with E-state index in [-0.39, 0.29) is 11.5 Å². The number of phenolic OH excluding ortho intramolecular Hbond substituents is 2. The van der Waals surface area contributed by atoms with Gasteiger partial charge in [-0.3, -0.25) is 0 Å². The van der Waals surface area contributed by atoms with Gasteiger partial charge in [-0.2, -0.15) is 0 Å². The highest BCUT2D eigenvalue weighted by molar-refractivity contribution is 5.73. The first-order chi connectivity index (χ1) is 11.7. The number of phenols is 2. The van der Waals surface area contributed by atoms with E-state index in [4.69, 9.17) is 0 Å². The summed E-state index contributed by atoms with van der Waals surface area (Å²) in [6, 6.07) is 22.5. The van der Waals surface area contributed by atoms with E-state index in [1.807, 2.05) is 72.8 Å². The zero-order valence-corrected chi connectivity index (χ0v) is 13.1. The molecule has 3 rings (SSSR count). The molecule has 0 unspecified atom stereocenters. The van der Waals surface area contributed by atoms with Crippen molar-refractivity contribution in [1.82, 2.24) is 0 Å². The molecule has 0 aliphatic heterocycles. The predicted molar refractivity (Wildman–Crippen MR) is 101 cm³/mol. The second kappa shape index (κ2) is 7.34. The van der Waals surface area contributed by atoms with Crippen molar-refractivity contribution >= 4 is 24.3 Å². The van der Waals surface area contributed by atoms with Crippen LogP contribution in [0.3, 0.4) is 0 Å². The van der Waals surface area contributed by atoms with E-state index in [2.05, 4.69) is 0 Å². The Morgan fingerprint density at radius 3 is 1.21 bits per heavy atom. The lowest BCUT2D eigenvalue weighted by Crippen LogP contribution is -1.76. The Morgan fingerprint density at radius 2 is 0.833 bits per heavy atom. The molecule has 0 atom stereocenters. The molecule has 0 amide bonds.